The molecule has 0 saturated carbocycles. The minimum absolute atomic E-state index is 0.0620. The van der Waals surface area contributed by atoms with E-state index in [2.05, 4.69) is 0 Å². The van der Waals surface area contributed by atoms with Gasteiger partial charge in [0.1, 0.15) is 23.3 Å². The molecular formula is C17H11ClF4O3. The number of carbonyl (C=O) groups is 2. The van der Waals surface area contributed by atoms with E-state index in [4.69, 9.17) is 16.7 Å². The van der Waals surface area contributed by atoms with Crippen molar-refractivity contribution in [3.05, 3.63) is 69.8 Å². The van der Waals surface area contributed by atoms with E-state index in [0.29, 0.717) is 12.1 Å². The van der Waals surface area contributed by atoms with E-state index >= 15 is 0 Å². The number of rotatable bonds is 6. The summed E-state index contributed by atoms with van der Waals surface area (Å²) < 4.78 is 54.3. The number of benzene rings is 2. The van der Waals surface area contributed by atoms with Crippen LogP contribution < -0.4 is 0 Å². The van der Waals surface area contributed by atoms with E-state index in [-0.39, 0.29) is 17.0 Å². The fourth-order valence-corrected chi connectivity index (χ4v) is 2.68. The molecule has 0 saturated heterocycles. The van der Waals surface area contributed by atoms with E-state index in [1.54, 1.807) is 0 Å². The van der Waals surface area contributed by atoms with E-state index < -0.39 is 52.9 Å². The van der Waals surface area contributed by atoms with Gasteiger partial charge in [0.2, 0.25) is 0 Å². The SMILES string of the molecule is O=C(O)CCC(C(=O)c1c(F)cc(F)cc1F)c1cc(F)ccc1Cl. The Morgan fingerprint density at radius 3 is 2.16 bits per heavy atom. The van der Waals surface area contributed by atoms with Crippen molar-refractivity contribution in [2.24, 2.45) is 0 Å². The van der Waals surface area contributed by atoms with Gasteiger partial charge in [0.25, 0.3) is 0 Å². The number of Topliss-reactive ketones (excluding diaryl/α,β-unsaturated/α-hetero) is 1. The Morgan fingerprint density at radius 2 is 1.60 bits per heavy atom. The van der Waals surface area contributed by atoms with Crippen molar-refractivity contribution in [1.82, 2.24) is 0 Å². The molecule has 8 heteroatoms. The highest BCUT2D eigenvalue weighted by molar-refractivity contribution is 6.31. The summed E-state index contributed by atoms with van der Waals surface area (Å²) in [7, 11) is 0. The molecule has 0 aliphatic heterocycles. The summed E-state index contributed by atoms with van der Waals surface area (Å²) >= 11 is 5.93. The first-order valence-corrected chi connectivity index (χ1v) is 7.44. The molecule has 0 radical (unpaired) electrons. The molecule has 1 N–H and O–H groups in total. The van der Waals surface area contributed by atoms with Gasteiger partial charge in [-0.2, -0.15) is 0 Å². The molecule has 2 aromatic carbocycles. The van der Waals surface area contributed by atoms with Crippen LogP contribution in [0, 0.1) is 23.3 Å². The van der Waals surface area contributed by atoms with Crippen LogP contribution in [0.5, 0.6) is 0 Å². The highest BCUT2D eigenvalue weighted by atomic mass is 35.5. The van der Waals surface area contributed by atoms with Gasteiger partial charge in [0.05, 0.1) is 5.56 Å². The molecule has 3 nitrogen and oxygen atoms in total. The number of carbonyl (C=O) groups excluding carboxylic acids is 1. The smallest absolute Gasteiger partial charge is 0.303 e. The third-order valence-electron chi connectivity index (χ3n) is 3.55. The van der Waals surface area contributed by atoms with E-state index in [1.807, 2.05) is 0 Å². The van der Waals surface area contributed by atoms with Crippen molar-refractivity contribution >= 4 is 23.4 Å². The molecule has 0 heterocycles. The third kappa shape index (κ3) is 4.36. The molecule has 25 heavy (non-hydrogen) atoms. The van der Waals surface area contributed by atoms with Crippen LogP contribution in [0.3, 0.4) is 0 Å². The highest BCUT2D eigenvalue weighted by Gasteiger charge is 2.30. The lowest BCUT2D eigenvalue weighted by atomic mass is 9.86. The van der Waals surface area contributed by atoms with E-state index in [1.165, 1.54) is 0 Å². The zero-order chi connectivity index (χ0) is 18.7. The minimum atomic E-state index is -1.43. The highest BCUT2D eigenvalue weighted by Crippen LogP contribution is 2.33. The van der Waals surface area contributed by atoms with Gasteiger partial charge in [-0.3, -0.25) is 9.59 Å². The fraction of sp³-hybridized carbons (Fsp3) is 0.176. The first kappa shape index (κ1) is 18.9. The monoisotopic (exact) mass is 374 g/mol. The van der Waals surface area contributed by atoms with Crippen LogP contribution in [-0.4, -0.2) is 16.9 Å². The molecule has 0 aromatic heterocycles. The van der Waals surface area contributed by atoms with Gasteiger partial charge in [-0.05, 0) is 30.2 Å². The van der Waals surface area contributed by atoms with Crippen molar-refractivity contribution in [2.45, 2.75) is 18.8 Å². The van der Waals surface area contributed by atoms with Gasteiger partial charge >= 0.3 is 5.97 Å². The lowest BCUT2D eigenvalue weighted by Gasteiger charge is -2.18. The Bertz CT molecular complexity index is 816. The van der Waals surface area contributed by atoms with Crippen LogP contribution in [0.15, 0.2) is 30.3 Å². The largest absolute Gasteiger partial charge is 0.481 e. The van der Waals surface area contributed by atoms with Crippen molar-refractivity contribution < 1.29 is 32.3 Å². The first-order chi connectivity index (χ1) is 11.7. The standard InChI is InChI=1S/C17H11ClF4O3/c18-12-3-1-8(19)5-11(12)10(2-4-15(23)24)17(25)16-13(21)6-9(20)7-14(16)22/h1,3,5-7,10H,2,4H2,(H,23,24). The van der Waals surface area contributed by atoms with Crippen LogP contribution >= 0.6 is 11.6 Å². The normalized spacial score (nSPS) is 12.0. The van der Waals surface area contributed by atoms with Gasteiger partial charge in [-0.15, -0.1) is 0 Å². The summed E-state index contributed by atoms with van der Waals surface area (Å²) in [5, 5.41) is 8.75. The number of halogens is 5. The van der Waals surface area contributed by atoms with Crippen LogP contribution in [0.25, 0.3) is 0 Å². The van der Waals surface area contributed by atoms with Crippen molar-refractivity contribution in [1.29, 1.82) is 0 Å². The molecule has 0 bridgehead atoms. The molecule has 0 amide bonds. The molecule has 2 aromatic rings. The first-order valence-electron chi connectivity index (χ1n) is 7.06. The third-order valence-corrected chi connectivity index (χ3v) is 3.89. The summed E-state index contributed by atoms with van der Waals surface area (Å²) in [6.45, 7) is 0. The van der Waals surface area contributed by atoms with Crippen molar-refractivity contribution in [3.8, 4) is 0 Å². The Hall–Kier alpha value is -2.41. The quantitative estimate of drug-likeness (QED) is 0.587. The van der Waals surface area contributed by atoms with Gasteiger partial charge in [0.15, 0.2) is 5.78 Å². The predicted molar refractivity (Wildman–Crippen MR) is 81.7 cm³/mol. The summed E-state index contributed by atoms with van der Waals surface area (Å²) in [6.07, 6.45) is -0.888. The van der Waals surface area contributed by atoms with Gasteiger partial charge in [-0.1, -0.05) is 11.6 Å². The molecule has 1 unspecified atom stereocenters. The second-order valence-electron chi connectivity index (χ2n) is 5.26. The maximum atomic E-state index is 13.9. The van der Waals surface area contributed by atoms with E-state index in [9.17, 15) is 27.2 Å². The topological polar surface area (TPSA) is 54.4 Å². The molecule has 0 aliphatic rings. The summed E-state index contributed by atoms with van der Waals surface area (Å²) in [4.78, 5) is 23.4. The molecule has 0 fully saturated rings. The van der Waals surface area contributed by atoms with Crippen LogP contribution in [0.4, 0.5) is 17.6 Å². The van der Waals surface area contributed by atoms with Gasteiger partial charge < -0.3 is 5.11 Å². The minimum Gasteiger partial charge on any atom is -0.481 e. The molecule has 1 atom stereocenters. The molecule has 0 aliphatic carbocycles. The van der Waals surface area contributed by atoms with Crippen LogP contribution in [-0.2, 0) is 4.79 Å². The maximum absolute atomic E-state index is 13.9. The number of hydrogen-bond donors (Lipinski definition) is 1. The van der Waals surface area contributed by atoms with Crippen LogP contribution in [0.1, 0.15) is 34.7 Å². The summed E-state index contributed by atoms with van der Waals surface area (Å²) in [6, 6.07) is 3.72. The average Bonchev–Trinajstić information content (AvgIpc) is 2.49. The number of aliphatic carboxylic acids is 1. The molecule has 132 valence electrons. The lowest BCUT2D eigenvalue weighted by Crippen LogP contribution is -2.18. The Labute approximate surface area is 144 Å². The Morgan fingerprint density at radius 1 is 1.00 bits per heavy atom. The zero-order valence-corrected chi connectivity index (χ0v) is 13.3. The number of hydrogen-bond acceptors (Lipinski definition) is 2. The number of carboxylic acid groups (broad SMARTS) is 1. The maximum Gasteiger partial charge on any atom is 0.303 e. The molecule has 2 rings (SSSR count). The number of ketones is 1. The predicted octanol–water partition coefficient (Wildman–Crippen LogP) is 4.73. The number of carboxylic acids is 1. The summed E-state index contributed by atoms with van der Waals surface area (Å²) in [5.74, 6) is -8.65. The van der Waals surface area contributed by atoms with Crippen molar-refractivity contribution in [3.63, 3.8) is 0 Å². The average molecular weight is 375 g/mol. The lowest BCUT2D eigenvalue weighted by molar-refractivity contribution is -0.137. The fourth-order valence-electron chi connectivity index (χ4n) is 2.43. The van der Waals surface area contributed by atoms with Crippen LogP contribution in [0.2, 0.25) is 5.02 Å². The van der Waals surface area contributed by atoms with Gasteiger partial charge in [0, 0.05) is 29.5 Å². The second kappa shape index (κ2) is 7.65. The van der Waals surface area contributed by atoms with E-state index in [0.717, 1.165) is 18.2 Å². The second-order valence-corrected chi connectivity index (χ2v) is 5.67. The summed E-state index contributed by atoms with van der Waals surface area (Å²) in [5.41, 5.74) is -1.13. The Balaban J connectivity index is 2.54. The van der Waals surface area contributed by atoms with Crippen molar-refractivity contribution in [2.75, 3.05) is 0 Å². The Kier molecular flexibility index (Phi) is 5.79. The molecule has 0 spiro atoms. The van der Waals surface area contributed by atoms with Gasteiger partial charge in [-0.25, -0.2) is 17.6 Å². The zero-order valence-electron chi connectivity index (χ0n) is 12.5. The molecular weight excluding hydrogens is 364 g/mol.